The fourth-order valence-corrected chi connectivity index (χ4v) is 6.68. The molecule has 1 aliphatic carbocycles. The zero-order valence-corrected chi connectivity index (χ0v) is 25.3. The van der Waals surface area contributed by atoms with Crippen molar-refractivity contribution in [3.05, 3.63) is 95.7 Å². The minimum absolute atomic E-state index is 0.0634. The van der Waals surface area contributed by atoms with Gasteiger partial charge in [0.2, 0.25) is 0 Å². The van der Waals surface area contributed by atoms with E-state index in [1.165, 1.54) is 12.8 Å². The molecule has 6 rings (SSSR count). The number of aromatic nitrogens is 1. The van der Waals surface area contributed by atoms with E-state index in [2.05, 4.69) is 5.32 Å². The van der Waals surface area contributed by atoms with Crippen LogP contribution in [0.25, 0.3) is 10.9 Å². The van der Waals surface area contributed by atoms with Crippen molar-refractivity contribution in [2.45, 2.75) is 83.1 Å². The van der Waals surface area contributed by atoms with Gasteiger partial charge < -0.3 is 24.3 Å². The Kier molecular flexibility index (Phi) is 8.15. The van der Waals surface area contributed by atoms with Gasteiger partial charge in [0.25, 0.3) is 11.8 Å². The van der Waals surface area contributed by atoms with E-state index in [1.807, 2.05) is 97.3 Å². The number of rotatable bonds is 8. The highest BCUT2D eigenvalue weighted by Gasteiger charge is 2.52. The van der Waals surface area contributed by atoms with Crippen molar-refractivity contribution in [3.8, 4) is 11.5 Å². The second-order valence-corrected chi connectivity index (χ2v) is 12.1. The molecule has 0 saturated heterocycles. The largest absolute Gasteiger partial charge is 0.497 e. The van der Waals surface area contributed by atoms with E-state index in [0.29, 0.717) is 18.0 Å². The minimum atomic E-state index is -1.26. The third-order valence-corrected chi connectivity index (χ3v) is 8.88. The summed E-state index contributed by atoms with van der Waals surface area (Å²) in [7, 11) is 1.64. The molecule has 0 bridgehead atoms. The van der Waals surface area contributed by atoms with Crippen LogP contribution >= 0.6 is 0 Å². The summed E-state index contributed by atoms with van der Waals surface area (Å²) in [4.78, 5) is 31.3. The Balaban J connectivity index is 1.49. The second kappa shape index (κ2) is 12.2. The topological polar surface area (TPSA) is 72.8 Å². The molecule has 1 saturated carbocycles. The first-order valence-corrected chi connectivity index (χ1v) is 15.5. The fraction of sp³-hybridized carbons (Fsp3) is 0.389. The molecule has 1 unspecified atom stereocenters. The highest BCUT2D eigenvalue weighted by molar-refractivity contribution is 6.04. The van der Waals surface area contributed by atoms with Crippen LogP contribution in [-0.4, -0.2) is 40.5 Å². The van der Waals surface area contributed by atoms with Crippen LogP contribution in [0.1, 0.15) is 74.0 Å². The normalized spacial score (nSPS) is 19.3. The van der Waals surface area contributed by atoms with Crippen molar-refractivity contribution in [2.24, 2.45) is 0 Å². The van der Waals surface area contributed by atoms with Gasteiger partial charge >= 0.3 is 0 Å². The SMILES string of the molecule is COc1ccc2cc3n(c2c1)CC(C(=O)NC1CCCCCC1)(c1ccccc1)N(Cc1ccc(OC(C)C)cc1)C3=O. The molecule has 7 heteroatoms. The maximum Gasteiger partial charge on any atom is 0.272 e. The lowest BCUT2D eigenvalue weighted by molar-refractivity contribution is -0.136. The Hall–Kier alpha value is -4.26. The maximum atomic E-state index is 14.9. The molecule has 4 aromatic rings. The van der Waals surface area contributed by atoms with Crippen LogP contribution in [-0.2, 0) is 23.4 Å². The smallest absolute Gasteiger partial charge is 0.272 e. The first-order chi connectivity index (χ1) is 20.9. The van der Waals surface area contributed by atoms with Crippen molar-refractivity contribution >= 4 is 22.7 Å². The van der Waals surface area contributed by atoms with Crippen molar-refractivity contribution in [2.75, 3.05) is 7.11 Å². The average molecular weight is 580 g/mol. The number of methoxy groups -OCH3 is 1. The van der Waals surface area contributed by atoms with Crippen LogP contribution in [0.2, 0.25) is 0 Å². The average Bonchev–Trinajstić information content (AvgIpc) is 3.17. The first kappa shape index (κ1) is 28.8. The van der Waals surface area contributed by atoms with Gasteiger partial charge in [0, 0.05) is 24.0 Å². The Morgan fingerprint density at radius 3 is 2.30 bits per heavy atom. The van der Waals surface area contributed by atoms with Crippen LogP contribution in [0.4, 0.5) is 0 Å². The molecule has 1 fully saturated rings. The predicted octanol–water partition coefficient (Wildman–Crippen LogP) is 6.83. The zero-order chi connectivity index (χ0) is 30.0. The minimum Gasteiger partial charge on any atom is -0.497 e. The number of benzene rings is 3. The Morgan fingerprint density at radius 1 is 0.930 bits per heavy atom. The Bertz CT molecular complexity index is 1590. The van der Waals surface area contributed by atoms with Gasteiger partial charge in [-0.2, -0.15) is 0 Å². The number of nitrogens with zero attached hydrogens (tertiary/aromatic N) is 2. The van der Waals surface area contributed by atoms with E-state index >= 15 is 0 Å². The van der Waals surface area contributed by atoms with E-state index in [4.69, 9.17) is 9.47 Å². The number of carbonyl (C=O) groups excluding carboxylic acids is 2. The molecule has 1 aromatic heterocycles. The molecule has 2 aliphatic rings. The molecule has 3 aromatic carbocycles. The fourth-order valence-electron chi connectivity index (χ4n) is 6.68. The summed E-state index contributed by atoms with van der Waals surface area (Å²) in [5, 5.41) is 4.38. The molecule has 7 nitrogen and oxygen atoms in total. The van der Waals surface area contributed by atoms with E-state index in [0.717, 1.165) is 53.5 Å². The number of amides is 2. The van der Waals surface area contributed by atoms with Crippen molar-refractivity contribution < 1.29 is 19.1 Å². The Labute approximate surface area is 253 Å². The second-order valence-electron chi connectivity index (χ2n) is 12.1. The van der Waals surface area contributed by atoms with Gasteiger partial charge in [0.1, 0.15) is 17.2 Å². The van der Waals surface area contributed by atoms with Crippen LogP contribution in [0.3, 0.4) is 0 Å². The van der Waals surface area contributed by atoms with E-state index in [-0.39, 0.29) is 30.5 Å². The monoisotopic (exact) mass is 579 g/mol. The van der Waals surface area contributed by atoms with Crippen LogP contribution < -0.4 is 14.8 Å². The summed E-state index contributed by atoms with van der Waals surface area (Å²) < 4.78 is 13.4. The van der Waals surface area contributed by atoms with E-state index in [9.17, 15) is 9.59 Å². The number of nitrogens with one attached hydrogen (secondary N) is 1. The lowest BCUT2D eigenvalue weighted by Gasteiger charge is -2.47. The molecule has 0 spiro atoms. The van der Waals surface area contributed by atoms with Crippen LogP contribution in [0.15, 0.2) is 78.9 Å². The van der Waals surface area contributed by atoms with Gasteiger partial charge in [0.15, 0.2) is 5.54 Å². The summed E-state index contributed by atoms with van der Waals surface area (Å²) >= 11 is 0. The molecule has 2 heterocycles. The predicted molar refractivity (Wildman–Crippen MR) is 168 cm³/mol. The maximum absolute atomic E-state index is 14.9. The van der Waals surface area contributed by atoms with Crippen molar-refractivity contribution in [1.29, 1.82) is 0 Å². The van der Waals surface area contributed by atoms with Crippen molar-refractivity contribution in [1.82, 2.24) is 14.8 Å². The number of fused-ring (bicyclic) bond motifs is 3. The van der Waals surface area contributed by atoms with Gasteiger partial charge in [0.05, 0.1) is 25.3 Å². The number of ether oxygens (including phenoxy) is 2. The molecule has 1 aliphatic heterocycles. The summed E-state index contributed by atoms with van der Waals surface area (Å²) in [5.41, 5.74) is 1.90. The molecule has 1 N–H and O–H groups in total. The molecule has 0 radical (unpaired) electrons. The quantitative estimate of drug-likeness (QED) is 0.232. The summed E-state index contributed by atoms with van der Waals surface area (Å²) in [6, 6.07) is 25.5. The first-order valence-electron chi connectivity index (χ1n) is 15.5. The Morgan fingerprint density at radius 2 is 1.63 bits per heavy atom. The van der Waals surface area contributed by atoms with Crippen LogP contribution in [0, 0.1) is 0 Å². The molecule has 43 heavy (non-hydrogen) atoms. The van der Waals surface area contributed by atoms with Crippen LogP contribution in [0.5, 0.6) is 11.5 Å². The lowest BCUT2D eigenvalue weighted by atomic mass is 9.83. The molecular weight excluding hydrogens is 538 g/mol. The van der Waals surface area contributed by atoms with Gasteiger partial charge in [-0.25, -0.2) is 0 Å². The summed E-state index contributed by atoms with van der Waals surface area (Å²) in [5.74, 6) is 1.18. The van der Waals surface area contributed by atoms with E-state index < -0.39 is 5.54 Å². The van der Waals surface area contributed by atoms with Gasteiger partial charge in [-0.1, -0.05) is 68.1 Å². The van der Waals surface area contributed by atoms with Gasteiger partial charge in [-0.15, -0.1) is 0 Å². The number of hydrogen-bond donors (Lipinski definition) is 1. The van der Waals surface area contributed by atoms with Gasteiger partial charge in [-0.05, 0) is 68.1 Å². The standard InChI is InChI=1S/C36H41N3O4/c1-25(2)43-30-18-15-26(16-19-30)23-39-34(40)33-21-27-17-20-31(42-3)22-32(27)38(33)24-36(39,28-11-7-6-8-12-28)35(41)37-29-13-9-4-5-10-14-29/h6-8,11-12,15-22,25,29H,4-5,9-10,13-14,23-24H2,1-3H3,(H,37,41). The molecular formula is C36H41N3O4. The number of hydrogen-bond acceptors (Lipinski definition) is 4. The zero-order valence-electron chi connectivity index (χ0n) is 25.3. The molecule has 1 atom stereocenters. The third-order valence-electron chi connectivity index (χ3n) is 8.88. The number of carbonyl (C=O) groups is 2. The third kappa shape index (κ3) is 5.61. The summed E-state index contributed by atoms with van der Waals surface area (Å²) in [6.45, 7) is 4.56. The van der Waals surface area contributed by atoms with Crippen molar-refractivity contribution in [3.63, 3.8) is 0 Å². The highest BCUT2D eigenvalue weighted by atomic mass is 16.5. The molecule has 2 amide bonds. The van der Waals surface area contributed by atoms with Gasteiger partial charge in [-0.3, -0.25) is 9.59 Å². The lowest BCUT2D eigenvalue weighted by Crippen LogP contribution is -2.63. The molecule has 224 valence electrons. The summed E-state index contributed by atoms with van der Waals surface area (Å²) in [6.07, 6.45) is 6.56. The van der Waals surface area contributed by atoms with E-state index in [1.54, 1.807) is 12.0 Å². The highest BCUT2D eigenvalue weighted by Crippen LogP contribution is 2.41.